The van der Waals surface area contributed by atoms with Crippen LogP contribution in [0, 0.1) is 10.1 Å². The minimum absolute atomic E-state index is 0.0302. The second-order valence-corrected chi connectivity index (χ2v) is 8.46. The number of carbonyl (C=O) groups excluding carboxylic acids is 1. The summed E-state index contributed by atoms with van der Waals surface area (Å²) >= 11 is 0. The zero-order valence-electron chi connectivity index (χ0n) is 18.8. The lowest BCUT2D eigenvalue weighted by Crippen LogP contribution is -2.10. The maximum Gasteiger partial charge on any atom is 0.387 e. The molecular weight excluding hydrogens is 444 g/mol. The van der Waals surface area contributed by atoms with E-state index in [1.807, 2.05) is 12.1 Å². The van der Waals surface area contributed by atoms with Gasteiger partial charge in [0.15, 0.2) is 5.78 Å². The van der Waals surface area contributed by atoms with E-state index >= 15 is 0 Å². The van der Waals surface area contributed by atoms with Gasteiger partial charge in [-0.05, 0) is 65.1 Å². The van der Waals surface area contributed by atoms with Crippen LogP contribution < -0.4 is 9.47 Å². The fourth-order valence-electron chi connectivity index (χ4n) is 3.09. The summed E-state index contributed by atoms with van der Waals surface area (Å²) in [7, 11) is 0. The zero-order valence-corrected chi connectivity index (χ0v) is 18.8. The molecule has 0 aromatic heterocycles. The van der Waals surface area contributed by atoms with Gasteiger partial charge in [0, 0.05) is 11.6 Å². The van der Waals surface area contributed by atoms with E-state index in [-0.39, 0.29) is 28.2 Å². The first-order valence-electron chi connectivity index (χ1n) is 10.4. The Labute approximate surface area is 195 Å². The molecule has 0 radical (unpaired) electrons. The van der Waals surface area contributed by atoms with Crippen molar-refractivity contribution in [1.29, 1.82) is 0 Å². The summed E-state index contributed by atoms with van der Waals surface area (Å²) in [5.74, 6) is 0.0840. The van der Waals surface area contributed by atoms with Crippen LogP contribution in [-0.4, -0.2) is 17.3 Å². The van der Waals surface area contributed by atoms with Crippen LogP contribution in [-0.2, 0) is 5.41 Å². The van der Waals surface area contributed by atoms with Gasteiger partial charge in [0.05, 0.1) is 4.92 Å². The minimum Gasteiger partial charge on any atom is -0.450 e. The summed E-state index contributed by atoms with van der Waals surface area (Å²) in [5, 5.41) is 11.6. The highest BCUT2D eigenvalue weighted by molar-refractivity contribution is 6.06. The molecule has 176 valence electrons. The Morgan fingerprint density at radius 1 is 0.971 bits per heavy atom. The number of rotatable bonds is 8. The van der Waals surface area contributed by atoms with Gasteiger partial charge in [-0.2, -0.15) is 8.78 Å². The number of halogens is 2. The molecule has 0 saturated carbocycles. The average molecular weight is 467 g/mol. The van der Waals surface area contributed by atoms with Crippen molar-refractivity contribution in [2.45, 2.75) is 32.8 Å². The van der Waals surface area contributed by atoms with Gasteiger partial charge in [-0.1, -0.05) is 45.0 Å². The number of carbonyl (C=O) groups is 1. The van der Waals surface area contributed by atoms with Gasteiger partial charge in [0.1, 0.15) is 11.5 Å². The number of hydrogen-bond acceptors (Lipinski definition) is 5. The topological polar surface area (TPSA) is 78.7 Å². The van der Waals surface area contributed by atoms with Crippen molar-refractivity contribution in [2.75, 3.05) is 0 Å². The zero-order chi connectivity index (χ0) is 24.9. The lowest BCUT2D eigenvalue weighted by Gasteiger charge is -2.19. The lowest BCUT2D eigenvalue weighted by molar-refractivity contribution is -0.385. The summed E-state index contributed by atoms with van der Waals surface area (Å²) in [6.07, 6.45) is 2.68. The second kappa shape index (κ2) is 10.2. The third-order valence-corrected chi connectivity index (χ3v) is 4.92. The number of hydrogen-bond donors (Lipinski definition) is 0. The molecule has 0 aliphatic carbocycles. The van der Waals surface area contributed by atoms with Gasteiger partial charge < -0.3 is 9.47 Å². The van der Waals surface area contributed by atoms with Gasteiger partial charge in [-0.15, -0.1) is 0 Å². The minimum atomic E-state index is -2.95. The van der Waals surface area contributed by atoms with E-state index in [9.17, 15) is 23.7 Å². The van der Waals surface area contributed by atoms with E-state index in [0.717, 1.165) is 5.56 Å². The van der Waals surface area contributed by atoms with E-state index in [1.54, 1.807) is 18.2 Å². The van der Waals surface area contributed by atoms with Crippen LogP contribution in [0.3, 0.4) is 0 Å². The van der Waals surface area contributed by atoms with Gasteiger partial charge in [-0.3, -0.25) is 14.9 Å². The molecule has 34 heavy (non-hydrogen) atoms. The highest BCUT2D eigenvalue weighted by atomic mass is 19.3. The van der Waals surface area contributed by atoms with Crippen LogP contribution in [0.25, 0.3) is 6.08 Å². The van der Waals surface area contributed by atoms with Crippen LogP contribution in [0.1, 0.15) is 42.3 Å². The number of nitrogens with zero attached hydrogens (tertiary/aromatic N) is 1. The Hall–Kier alpha value is -4.07. The molecule has 3 aromatic rings. The van der Waals surface area contributed by atoms with E-state index in [0.29, 0.717) is 11.3 Å². The fourth-order valence-corrected chi connectivity index (χ4v) is 3.09. The molecule has 3 aromatic carbocycles. The predicted octanol–water partition coefficient (Wildman–Crippen LogP) is 7.18. The highest BCUT2D eigenvalue weighted by Gasteiger charge is 2.18. The molecule has 0 fully saturated rings. The predicted molar refractivity (Wildman–Crippen MR) is 125 cm³/mol. The third kappa shape index (κ3) is 6.48. The third-order valence-electron chi connectivity index (χ3n) is 4.92. The molecule has 0 spiro atoms. The molecular formula is C26H23F2NO5. The number of nitro benzene ring substituents is 1. The van der Waals surface area contributed by atoms with Gasteiger partial charge >= 0.3 is 12.3 Å². The van der Waals surface area contributed by atoms with Crippen LogP contribution in [0.15, 0.2) is 72.8 Å². The van der Waals surface area contributed by atoms with Crippen molar-refractivity contribution in [3.8, 4) is 17.2 Å². The van der Waals surface area contributed by atoms with Crippen molar-refractivity contribution in [1.82, 2.24) is 0 Å². The Kier molecular flexibility index (Phi) is 7.40. The molecule has 0 N–H and O–H groups in total. The quantitative estimate of drug-likeness (QED) is 0.152. The summed E-state index contributed by atoms with van der Waals surface area (Å²) < 4.78 is 34.4. The first kappa shape index (κ1) is 24.6. The van der Waals surface area contributed by atoms with Crippen molar-refractivity contribution in [3.05, 3.63) is 99.6 Å². The fraction of sp³-hybridized carbons (Fsp3) is 0.192. The smallest absolute Gasteiger partial charge is 0.387 e. The molecule has 6 nitrogen and oxygen atoms in total. The van der Waals surface area contributed by atoms with Gasteiger partial charge in [0.25, 0.3) is 0 Å². The maximum atomic E-state index is 12.3. The number of nitro groups is 1. The summed E-state index contributed by atoms with van der Waals surface area (Å²) in [6.45, 7) is 3.30. The average Bonchev–Trinajstić information content (AvgIpc) is 2.78. The van der Waals surface area contributed by atoms with Crippen LogP contribution in [0.2, 0.25) is 0 Å². The maximum absolute atomic E-state index is 12.3. The number of allylic oxidation sites excluding steroid dienone is 1. The van der Waals surface area contributed by atoms with Crippen LogP contribution in [0.4, 0.5) is 14.5 Å². The standard InChI is InChI=1S/C26H23F2NO5/c1-26(2,3)19-8-12-20(13-9-19)33-24-15-5-17(16-22(24)29(31)32)4-14-23(30)18-6-10-21(11-7-18)34-25(27)28/h4-16,25H,1-3H3. The Morgan fingerprint density at radius 2 is 1.59 bits per heavy atom. The molecule has 0 bridgehead atoms. The normalized spacial score (nSPS) is 11.6. The van der Waals surface area contributed by atoms with E-state index in [2.05, 4.69) is 25.5 Å². The van der Waals surface area contributed by atoms with Gasteiger partial charge in [0.2, 0.25) is 5.75 Å². The number of ether oxygens (including phenoxy) is 2. The van der Waals surface area contributed by atoms with Crippen molar-refractivity contribution in [3.63, 3.8) is 0 Å². The molecule has 3 rings (SSSR count). The molecule has 0 aliphatic heterocycles. The van der Waals surface area contributed by atoms with Crippen molar-refractivity contribution < 1.29 is 28.0 Å². The van der Waals surface area contributed by atoms with Crippen LogP contribution >= 0.6 is 0 Å². The largest absolute Gasteiger partial charge is 0.450 e. The number of ketones is 1. The summed E-state index contributed by atoms with van der Waals surface area (Å²) in [4.78, 5) is 23.4. The highest BCUT2D eigenvalue weighted by Crippen LogP contribution is 2.33. The monoisotopic (exact) mass is 467 g/mol. The Morgan fingerprint density at radius 3 is 2.15 bits per heavy atom. The molecule has 0 amide bonds. The van der Waals surface area contributed by atoms with Crippen molar-refractivity contribution in [2.24, 2.45) is 0 Å². The molecule has 0 heterocycles. The molecule has 0 unspecified atom stereocenters. The lowest BCUT2D eigenvalue weighted by atomic mass is 9.87. The van der Waals surface area contributed by atoms with E-state index in [4.69, 9.17) is 4.74 Å². The van der Waals surface area contributed by atoms with Crippen LogP contribution in [0.5, 0.6) is 17.2 Å². The Bertz CT molecular complexity index is 1200. The molecule has 0 saturated heterocycles. The first-order valence-corrected chi connectivity index (χ1v) is 10.4. The van der Waals surface area contributed by atoms with Gasteiger partial charge in [-0.25, -0.2) is 0 Å². The molecule has 0 aliphatic rings. The molecule has 0 atom stereocenters. The first-order chi connectivity index (χ1) is 16.0. The number of benzene rings is 3. The Balaban J connectivity index is 1.75. The van der Waals surface area contributed by atoms with E-state index in [1.165, 1.54) is 48.6 Å². The molecule has 8 heteroatoms. The summed E-state index contributed by atoms with van der Waals surface area (Å²) in [5.41, 5.74) is 1.51. The number of alkyl halides is 2. The van der Waals surface area contributed by atoms with Crippen molar-refractivity contribution >= 4 is 17.5 Å². The van der Waals surface area contributed by atoms with E-state index < -0.39 is 17.3 Å². The summed E-state index contributed by atoms with van der Waals surface area (Å²) in [6, 6.07) is 16.9. The SMILES string of the molecule is CC(C)(C)c1ccc(Oc2ccc(C=CC(=O)c3ccc(OC(F)F)cc3)cc2[N+](=O)[O-])cc1. The second-order valence-electron chi connectivity index (χ2n) is 8.46.